The van der Waals surface area contributed by atoms with Gasteiger partial charge in [-0.25, -0.2) is 0 Å². The zero-order chi connectivity index (χ0) is 12.8. The predicted octanol–water partition coefficient (Wildman–Crippen LogP) is 4.46. The zero-order valence-electron chi connectivity index (χ0n) is 10.4. The van der Waals surface area contributed by atoms with Crippen molar-refractivity contribution in [3.05, 3.63) is 27.7 Å². The first-order chi connectivity index (χ1) is 8.08. The molecule has 0 spiro atoms. The average molecular weight is 366 g/mol. The Morgan fingerprint density at radius 2 is 2.06 bits per heavy atom. The first-order valence-corrected chi connectivity index (χ1v) is 7.50. The summed E-state index contributed by atoms with van der Waals surface area (Å²) in [5.74, 6) is 0.980. The molecule has 96 valence electrons. The highest BCUT2D eigenvalue weighted by molar-refractivity contribution is 9.10. The minimum atomic E-state index is 0.160. The lowest BCUT2D eigenvalue weighted by Crippen LogP contribution is -2.15. The molecule has 0 radical (unpaired) electrons. The van der Waals surface area contributed by atoms with Gasteiger partial charge in [0.1, 0.15) is 5.75 Å². The predicted molar refractivity (Wildman–Crippen MR) is 78.1 cm³/mol. The highest BCUT2D eigenvalue weighted by atomic mass is 79.9. The van der Waals surface area contributed by atoms with Gasteiger partial charge in [-0.1, -0.05) is 31.9 Å². The van der Waals surface area contributed by atoms with E-state index in [1.165, 1.54) is 5.56 Å². The van der Waals surface area contributed by atoms with Crippen molar-refractivity contribution >= 4 is 31.9 Å². The molecule has 0 amide bonds. The normalized spacial score (nSPS) is 12.5. The Bertz CT molecular complexity index is 367. The molecule has 0 heterocycles. The Balaban J connectivity index is 2.82. The van der Waals surface area contributed by atoms with E-state index in [1.807, 2.05) is 0 Å². The third-order valence-corrected chi connectivity index (χ3v) is 3.57. The van der Waals surface area contributed by atoms with E-state index < -0.39 is 0 Å². The summed E-state index contributed by atoms with van der Waals surface area (Å²) in [5.41, 5.74) is 2.32. The van der Waals surface area contributed by atoms with E-state index in [-0.39, 0.29) is 6.10 Å². The fourth-order valence-corrected chi connectivity index (χ4v) is 2.65. The van der Waals surface area contributed by atoms with Crippen LogP contribution in [0.15, 0.2) is 16.6 Å². The van der Waals surface area contributed by atoms with Crippen LogP contribution in [0.2, 0.25) is 0 Å². The second-order valence-corrected chi connectivity index (χ2v) is 5.53. The van der Waals surface area contributed by atoms with Crippen LogP contribution in [0.3, 0.4) is 0 Å². The Kier molecular flexibility index (Phi) is 6.52. The maximum absolute atomic E-state index is 5.99. The van der Waals surface area contributed by atoms with Crippen LogP contribution in [0.25, 0.3) is 0 Å². The molecule has 0 fully saturated rings. The maximum atomic E-state index is 5.99. The van der Waals surface area contributed by atoms with Gasteiger partial charge in [-0.2, -0.15) is 0 Å². The second kappa shape index (κ2) is 7.39. The smallest absolute Gasteiger partial charge is 0.126 e. The summed E-state index contributed by atoms with van der Waals surface area (Å²) in [7, 11) is 1.71. The van der Waals surface area contributed by atoms with Gasteiger partial charge in [-0.05, 0) is 31.5 Å². The SMILES string of the molecule is COCCC(C)Oc1c(C)cc(Br)cc1CBr. The monoisotopic (exact) mass is 364 g/mol. The van der Waals surface area contributed by atoms with Crippen LogP contribution in [-0.2, 0) is 10.1 Å². The summed E-state index contributed by atoms with van der Waals surface area (Å²) in [6, 6.07) is 4.16. The van der Waals surface area contributed by atoms with Gasteiger partial charge in [-0.3, -0.25) is 0 Å². The Hall–Kier alpha value is -0.0600. The second-order valence-electron chi connectivity index (χ2n) is 4.05. The molecule has 2 nitrogen and oxygen atoms in total. The molecule has 17 heavy (non-hydrogen) atoms. The molecule has 1 atom stereocenters. The Labute approximate surface area is 120 Å². The number of benzene rings is 1. The van der Waals surface area contributed by atoms with E-state index in [0.29, 0.717) is 0 Å². The minimum Gasteiger partial charge on any atom is -0.490 e. The van der Waals surface area contributed by atoms with Gasteiger partial charge >= 0.3 is 0 Å². The van der Waals surface area contributed by atoms with E-state index in [1.54, 1.807) is 7.11 Å². The zero-order valence-corrected chi connectivity index (χ0v) is 13.6. The average Bonchev–Trinajstić information content (AvgIpc) is 2.29. The number of alkyl halides is 1. The Morgan fingerprint density at radius 3 is 2.65 bits per heavy atom. The van der Waals surface area contributed by atoms with E-state index in [2.05, 4.69) is 57.8 Å². The van der Waals surface area contributed by atoms with E-state index in [4.69, 9.17) is 9.47 Å². The number of hydrogen-bond acceptors (Lipinski definition) is 2. The highest BCUT2D eigenvalue weighted by Crippen LogP contribution is 2.30. The Morgan fingerprint density at radius 1 is 1.35 bits per heavy atom. The van der Waals surface area contributed by atoms with Crippen LogP contribution in [0.5, 0.6) is 5.75 Å². The number of rotatable bonds is 6. The standard InChI is InChI=1S/C13H18Br2O2/c1-9-6-12(15)7-11(8-14)13(9)17-10(2)4-5-16-3/h6-7,10H,4-5,8H2,1-3H3. The quantitative estimate of drug-likeness (QED) is 0.693. The van der Waals surface area contributed by atoms with Crippen LogP contribution in [0.1, 0.15) is 24.5 Å². The van der Waals surface area contributed by atoms with Crippen molar-refractivity contribution in [1.29, 1.82) is 0 Å². The van der Waals surface area contributed by atoms with Gasteiger partial charge < -0.3 is 9.47 Å². The summed E-state index contributed by atoms with van der Waals surface area (Å²) in [6.07, 6.45) is 1.06. The lowest BCUT2D eigenvalue weighted by molar-refractivity contribution is 0.134. The van der Waals surface area contributed by atoms with Gasteiger partial charge in [0.05, 0.1) is 6.10 Å². The maximum Gasteiger partial charge on any atom is 0.126 e. The molecule has 4 heteroatoms. The van der Waals surface area contributed by atoms with Gasteiger partial charge in [0.15, 0.2) is 0 Å². The van der Waals surface area contributed by atoms with Crippen LogP contribution in [0.4, 0.5) is 0 Å². The summed E-state index contributed by atoms with van der Waals surface area (Å²) >= 11 is 6.99. The van der Waals surface area contributed by atoms with Crippen molar-refractivity contribution in [3.8, 4) is 5.75 Å². The minimum absolute atomic E-state index is 0.160. The highest BCUT2D eigenvalue weighted by Gasteiger charge is 2.11. The van der Waals surface area contributed by atoms with Crippen LogP contribution in [-0.4, -0.2) is 19.8 Å². The van der Waals surface area contributed by atoms with Gasteiger partial charge in [0, 0.05) is 35.5 Å². The van der Waals surface area contributed by atoms with Crippen LogP contribution >= 0.6 is 31.9 Å². The van der Waals surface area contributed by atoms with Gasteiger partial charge in [-0.15, -0.1) is 0 Å². The van der Waals surface area contributed by atoms with Crippen molar-refractivity contribution in [2.24, 2.45) is 0 Å². The molecular formula is C13H18Br2O2. The largest absolute Gasteiger partial charge is 0.490 e. The summed E-state index contributed by atoms with van der Waals surface area (Å²) in [5, 5.41) is 0.791. The summed E-state index contributed by atoms with van der Waals surface area (Å²) in [6.45, 7) is 4.86. The summed E-state index contributed by atoms with van der Waals surface area (Å²) in [4.78, 5) is 0. The fraction of sp³-hybridized carbons (Fsp3) is 0.538. The van der Waals surface area contributed by atoms with Gasteiger partial charge in [0.25, 0.3) is 0 Å². The van der Waals surface area contributed by atoms with Crippen molar-refractivity contribution in [3.63, 3.8) is 0 Å². The van der Waals surface area contributed by atoms with Crippen molar-refractivity contribution in [2.45, 2.75) is 31.7 Å². The number of methoxy groups -OCH3 is 1. The molecule has 0 aliphatic rings. The fourth-order valence-electron chi connectivity index (χ4n) is 1.61. The first kappa shape index (κ1) is 15.0. The topological polar surface area (TPSA) is 18.5 Å². The molecule has 1 aromatic carbocycles. The molecule has 0 aliphatic heterocycles. The molecular weight excluding hydrogens is 348 g/mol. The number of halogens is 2. The molecule has 0 saturated carbocycles. The molecule has 0 aromatic heterocycles. The molecule has 0 bridgehead atoms. The first-order valence-electron chi connectivity index (χ1n) is 5.59. The van der Waals surface area contributed by atoms with Crippen LogP contribution in [0, 0.1) is 6.92 Å². The van der Waals surface area contributed by atoms with E-state index in [9.17, 15) is 0 Å². The van der Waals surface area contributed by atoms with Crippen molar-refractivity contribution < 1.29 is 9.47 Å². The summed E-state index contributed by atoms with van der Waals surface area (Å²) < 4.78 is 12.1. The molecule has 0 aliphatic carbocycles. The van der Waals surface area contributed by atoms with Crippen LogP contribution < -0.4 is 4.74 Å². The van der Waals surface area contributed by atoms with Crippen molar-refractivity contribution in [1.82, 2.24) is 0 Å². The third kappa shape index (κ3) is 4.60. The lowest BCUT2D eigenvalue weighted by atomic mass is 10.1. The lowest BCUT2D eigenvalue weighted by Gasteiger charge is -2.19. The molecule has 0 saturated heterocycles. The molecule has 1 rings (SSSR count). The van der Waals surface area contributed by atoms with Gasteiger partial charge in [0.2, 0.25) is 0 Å². The van der Waals surface area contributed by atoms with E-state index >= 15 is 0 Å². The number of hydrogen-bond donors (Lipinski definition) is 0. The third-order valence-electron chi connectivity index (χ3n) is 2.51. The van der Waals surface area contributed by atoms with E-state index in [0.717, 1.165) is 34.1 Å². The van der Waals surface area contributed by atoms with Crippen molar-refractivity contribution in [2.75, 3.05) is 13.7 Å². The number of ether oxygens (including phenoxy) is 2. The molecule has 0 N–H and O–H groups in total. The molecule has 1 aromatic rings. The number of aryl methyl sites for hydroxylation is 1. The molecule has 1 unspecified atom stereocenters.